The van der Waals surface area contributed by atoms with Gasteiger partial charge in [-0.25, -0.2) is 4.98 Å². The number of hydrogen-bond donors (Lipinski definition) is 0. The number of nitriles is 1. The van der Waals surface area contributed by atoms with Crippen LogP contribution in [0, 0.1) is 17.2 Å². The maximum absolute atomic E-state index is 8.87. The Bertz CT molecular complexity index is 381. The average Bonchev–Trinajstić information content (AvgIpc) is 2.38. The van der Waals surface area contributed by atoms with E-state index in [9.17, 15) is 0 Å². The molecule has 1 aromatic heterocycles. The van der Waals surface area contributed by atoms with E-state index in [-0.39, 0.29) is 0 Å². The Morgan fingerprint density at radius 2 is 2.31 bits per heavy atom. The maximum atomic E-state index is 8.87. The third kappa shape index (κ3) is 2.71. The predicted octanol–water partition coefficient (Wildman–Crippen LogP) is 1.76. The lowest BCUT2D eigenvalue weighted by Crippen LogP contribution is -2.21. The van der Waals surface area contributed by atoms with Crippen LogP contribution in [0.3, 0.4) is 0 Å². The van der Waals surface area contributed by atoms with Crippen LogP contribution in [0.2, 0.25) is 0 Å². The molecule has 0 unspecified atom stereocenters. The fraction of sp³-hybridized carbons (Fsp3) is 0.500. The van der Waals surface area contributed by atoms with Gasteiger partial charge in [0.15, 0.2) is 0 Å². The van der Waals surface area contributed by atoms with E-state index < -0.39 is 0 Å². The van der Waals surface area contributed by atoms with Crippen LogP contribution in [0.15, 0.2) is 18.3 Å². The predicted molar refractivity (Wildman–Crippen MR) is 58.0 cm³/mol. The minimum Gasteiger partial charge on any atom is -0.476 e. The Balaban J connectivity index is 1.91. The molecule has 84 valence electrons. The standard InChI is InChI=1S/C12H14N2O2/c13-8-11-2-1-5-14-12(11)16-9-10-3-6-15-7-4-10/h1-2,5,10H,3-4,6-7,9H2. The highest BCUT2D eigenvalue weighted by Crippen LogP contribution is 2.18. The molecular weight excluding hydrogens is 204 g/mol. The fourth-order valence-electron chi connectivity index (χ4n) is 1.70. The van der Waals surface area contributed by atoms with Gasteiger partial charge in [0, 0.05) is 19.4 Å². The van der Waals surface area contributed by atoms with Gasteiger partial charge < -0.3 is 9.47 Å². The van der Waals surface area contributed by atoms with Crippen LogP contribution in [-0.2, 0) is 4.74 Å². The Morgan fingerprint density at radius 3 is 3.06 bits per heavy atom. The summed E-state index contributed by atoms with van der Waals surface area (Å²) in [5.41, 5.74) is 0.495. The van der Waals surface area contributed by atoms with Crippen molar-refractivity contribution < 1.29 is 9.47 Å². The molecule has 1 aliphatic rings. The van der Waals surface area contributed by atoms with Gasteiger partial charge in [-0.2, -0.15) is 5.26 Å². The van der Waals surface area contributed by atoms with Gasteiger partial charge in [-0.15, -0.1) is 0 Å². The zero-order chi connectivity index (χ0) is 11.2. The summed E-state index contributed by atoms with van der Waals surface area (Å²) in [6.07, 6.45) is 3.68. The van der Waals surface area contributed by atoms with E-state index >= 15 is 0 Å². The number of pyridine rings is 1. The largest absolute Gasteiger partial charge is 0.476 e. The molecule has 1 fully saturated rings. The van der Waals surface area contributed by atoms with E-state index in [1.165, 1.54) is 0 Å². The summed E-state index contributed by atoms with van der Waals surface area (Å²) in [6.45, 7) is 2.23. The zero-order valence-corrected chi connectivity index (χ0v) is 9.06. The van der Waals surface area contributed by atoms with Crippen LogP contribution in [0.4, 0.5) is 0 Å². The van der Waals surface area contributed by atoms with Crippen molar-refractivity contribution in [2.24, 2.45) is 5.92 Å². The molecule has 1 saturated heterocycles. The molecule has 16 heavy (non-hydrogen) atoms. The second-order valence-electron chi connectivity index (χ2n) is 3.83. The summed E-state index contributed by atoms with van der Waals surface area (Å²) in [5, 5.41) is 8.87. The van der Waals surface area contributed by atoms with Crippen LogP contribution in [0.25, 0.3) is 0 Å². The molecule has 2 heterocycles. The molecular formula is C12H14N2O2. The normalized spacial score (nSPS) is 16.7. The van der Waals surface area contributed by atoms with Crippen molar-refractivity contribution >= 4 is 0 Å². The average molecular weight is 218 g/mol. The molecule has 0 saturated carbocycles. The van der Waals surface area contributed by atoms with E-state index in [1.54, 1.807) is 18.3 Å². The van der Waals surface area contributed by atoms with E-state index in [1.807, 2.05) is 0 Å². The molecule has 0 N–H and O–H groups in total. The van der Waals surface area contributed by atoms with Gasteiger partial charge in [0.2, 0.25) is 5.88 Å². The first-order valence-corrected chi connectivity index (χ1v) is 5.46. The van der Waals surface area contributed by atoms with Gasteiger partial charge in [-0.1, -0.05) is 0 Å². The lowest BCUT2D eigenvalue weighted by atomic mass is 10.0. The highest BCUT2D eigenvalue weighted by atomic mass is 16.5. The molecule has 0 aromatic carbocycles. The quantitative estimate of drug-likeness (QED) is 0.775. The number of nitrogens with zero attached hydrogens (tertiary/aromatic N) is 2. The first kappa shape index (κ1) is 10.9. The summed E-state index contributed by atoms with van der Waals surface area (Å²) in [7, 11) is 0. The number of rotatable bonds is 3. The first-order valence-electron chi connectivity index (χ1n) is 5.46. The van der Waals surface area contributed by atoms with Crippen LogP contribution in [-0.4, -0.2) is 24.8 Å². The lowest BCUT2D eigenvalue weighted by Gasteiger charge is -2.21. The molecule has 0 amide bonds. The van der Waals surface area contributed by atoms with E-state index in [2.05, 4.69) is 11.1 Å². The van der Waals surface area contributed by atoms with Gasteiger partial charge in [-0.05, 0) is 30.9 Å². The second kappa shape index (κ2) is 5.47. The minimum atomic E-state index is 0.441. The highest BCUT2D eigenvalue weighted by molar-refractivity contribution is 5.36. The molecule has 0 aliphatic carbocycles. The van der Waals surface area contributed by atoms with Crippen LogP contribution >= 0.6 is 0 Å². The molecule has 2 rings (SSSR count). The number of hydrogen-bond acceptors (Lipinski definition) is 4. The van der Waals surface area contributed by atoms with Crippen molar-refractivity contribution in [3.63, 3.8) is 0 Å². The van der Waals surface area contributed by atoms with E-state index in [0.717, 1.165) is 26.1 Å². The first-order chi connectivity index (χ1) is 7.90. The zero-order valence-electron chi connectivity index (χ0n) is 9.06. The van der Waals surface area contributed by atoms with Gasteiger partial charge in [0.05, 0.1) is 6.61 Å². The van der Waals surface area contributed by atoms with Crippen molar-refractivity contribution in [2.45, 2.75) is 12.8 Å². The van der Waals surface area contributed by atoms with E-state index in [0.29, 0.717) is 24.0 Å². The topological polar surface area (TPSA) is 55.1 Å². The van der Waals surface area contributed by atoms with Crippen molar-refractivity contribution in [1.29, 1.82) is 5.26 Å². The lowest BCUT2D eigenvalue weighted by molar-refractivity contribution is 0.0490. The fourth-order valence-corrected chi connectivity index (χ4v) is 1.70. The Hall–Kier alpha value is -1.60. The monoisotopic (exact) mass is 218 g/mol. The van der Waals surface area contributed by atoms with Gasteiger partial charge >= 0.3 is 0 Å². The third-order valence-corrected chi connectivity index (χ3v) is 2.69. The van der Waals surface area contributed by atoms with E-state index in [4.69, 9.17) is 14.7 Å². The van der Waals surface area contributed by atoms with Gasteiger partial charge in [0.1, 0.15) is 11.6 Å². The smallest absolute Gasteiger partial charge is 0.231 e. The Labute approximate surface area is 94.8 Å². The third-order valence-electron chi connectivity index (χ3n) is 2.69. The molecule has 0 spiro atoms. The van der Waals surface area contributed by atoms with Crippen molar-refractivity contribution in [3.05, 3.63) is 23.9 Å². The summed E-state index contributed by atoms with van der Waals surface area (Å²) in [5.74, 6) is 0.957. The SMILES string of the molecule is N#Cc1cccnc1OCC1CCOCC1. The minimum absolute atomic E-state index is 0.441. The second-order valence-corrected chi connectivity index (χ2v) is 3.83. The molecule has 4 heteroatoms. The Kier molecular flexibility index (Phi) is 3.73. The molecule has 0 bridgehead atoms. The van der Waals surface area contributed by atoms with Gasteiger partial charge in [-0.3, -0.25) is 0 Å². The molecule has 0 radical (unpaired) electrons. The van der Waals surface area contributed by atoms with Gasteiger partial charge in [0.25, 0.3) is 0 Å². The van der Waals surface area contributed by atoms with Crippen LogP contribution in [0.5, 0.6) is 5.88 Å². The van der Waals surface area contributed by atoms with Crippen LogP contribution in [0.1, 0.15) is 18.4 Å². The van der Waals surface area contributed by atoms with Crippen LogP contribution < -0.4 is 4.74 Å². The molecule has 4 nitrogen and oxygen atoms in total. The van der Waals surface area contributed by atoms with Crippen molar-refractivity contribution in [2.75, 3.05) is 19.8 Å². The summed E-state index contributed by atoms with van der Waals surface area (Å²) in [6, 6.07) is 5.52. The summed E-state index contributed by atoms with van der Waals surface area (Å²) in [4.78, 5) is 4.06. The number of ether oxygens (including phenoxy) is 2. The molecule has 0 atom stereocenters. The summed E-state index contributed by atoms with van der Waals surface area (Å²) >= 11 is 0. The Morgan fingerprint density at radius 1 is 1.50 bits per heavy atom. The summed E-state index contributed by atoms with van der Waals surface area (Å²) < 4.78 is 10.9. The van der Waals surface area contributed by atoms with Crippen molar-refractivity contribution in [1.82, 2.24) is 4.98 Å². The molecule has 1 aromatic rings. The number of aromatic nitrogens is 1. The van der Waals surface area contributed by atoms with Crippen molar-refractivity contribution in [3.8, 4) is 11.9 Å². The highest BCUT2D eigenvalue weighted by Gasteiger charge is 2.15. The maximum Gasteiger partial charge on any atom is 0.231 e. The molecule has 1 aliphatic heterocycles.